The number of rotatable bonds is 6. The second kappa shape index (κ2) is 6.80. The van der Waals surface area contributed by atoms with Gasteiger partial charge < -0.3 is 24.6 Å². The number of ether oxygens (including phenoxy) is 2. The van der Waals surface area contributed by atoms with Gasteiger partial charge in [-0.1, -0.05) is 12.1 Å². The van der Waals surface area contributed by atoms with Crippen LogP contribution in [0.3, 0.4) is 0 Å². The fourth-order valence-corrected chi connectivity index (χ4v) is 2.61. The molecule has 1 heterocycles. The highest BCUT2D eigenvalue weighted by Crippen LogP contribution is 2.38. The van der Waals surface area contributed by atoms with Crippen molar-refractivity contribution < 1.29 is 29.3 Å². The van der Waals surface area contributed by atoms with Crippen molar-refractivity contribution >= 4 is 11.7 Å². The molecule has 1 aromatic carbocycles. The van der Waals surface area contributed by atoms with E-state index in [2.05, 4.69) is 0 Å². The molecule has 0 unspecified atom stereocenters. The maximum Gasteiger partial charge on any atom is 0.290 e. The number of benzene rings is 1. The van der Waals surface area contributed by atoms with Gasteiger partial charge in [-0.15, -0.1) is 0 Å². The highest BCUT2D eigenvalue weighted by atomic mass is 16.7. The Morgan fingerprint density at radius 2 is 1.78 bits per heavy atom. The predicted molar refractivity (Wildman–Crippen MR) is 80.7 cm³/mol. The zero-order chi connectivity index (χ0) is 17.1. The quantitative estimate of drug-likeness (QED) is 0.767. The third-order valence-corrected chi connectivity index (χ3v) is 3.76. The van der Waals surface area contributed by atoms with Crippen LogP contribution >= 0.6 is 0 Å². The fourth-order valence-electron chi connectivity index (χ4n) is 2.61. The average molecular weight is 321 g/mol. The number of Topliss-reactive ketones (excluding diaryl/α,β-unsaturated/α-hetero) is 1. The Hall–Kier alpha value is -2.38. The molecule has 0 fully saturated rings. The molecule has 1 amide bonds. The number of hydrogen-bond acceptors (Lipinski definition) is 6. The summed E-state index contributed by atoms with van der Waals surface area (Å²) in [4.78, 5) is 25.6. The van der Waals surface area contributed by atoms with Crippen LogP contribution in [0.25, 0.3) is 0 Å². The lowest BCUT2D eigenvalue weighted by Gasteiger charge is -2.29. The van der Waals surface area contributed by atoms with Crippen LogP contribution in [0.5, 0.6) is 5.75 Å². The number of amides is 1. The summed E-state index contributed by atoms with van der Waals surface area (Å²) >= 11 is 0. The summed E-state index contributed by atoms with van der Waals surface area (Å²) in [5, 5.41) is 19.5. The summed E-state index contributed by atoms with van der Waals surface area (Å²) in [6, 6.07) is 5.34. The second-order valence-corrected chi connectivity index (χ2v) is 5.17. The number of aromatic hydroxyl groups is 1. The summed E-state index contributed by atoms with van der Waals surface area (Å²) in [5.74, 6) is -1.56. The fraction of sp³-hybridized carbons (Fsp3) is 0.375. The number of ketones is 1. The number of methoxy groups -OCH3 is 2. The van der Waals surface area contributed by atoms with E-state index in [1.807, 2.05) is 0 Å². The molecule has 1 atom stereocenters. The zero-order valence-electron chi connectivity index (χ0n) is 13.1. The third-order valence-electron chi connectivity index (χ3n) is 3.76. The molecule has 0 aromatic heterocycles. The van der Waals surface area contributed by atoms with Gasteiger partial charge in [0.25, 0.3) is 5.91 Å². The normalized spacial score (nSPS) is 18.2. The SMILES string of the molecule is COC(CN1C(=O)C(O)=C(C(C)=O)[C@H]1c1ccc(O)cc1)OC. The first-order valence-corrected chi connectivity index (χ1v) is 7.00. The Labute approximate surface area is 133 Å². The summed E-state index contributed by atoms with van der Waals surface area (Å²) in [5.41, 5.74) is 0.614. The number of aliphatic hydroxyl groups excluding tert-OH is 1. The van der Waals surface area contributed by atoms with Gasteiger partial charge in [-0.3, -0.25) is 9.59 Å². The Bertz CT molecular complexity index is 632. The topological polar surface area (TPSA) is 96.3 Å². The Balaban J connectivity index is 2.46. The van der Waals surface area contributed by atoms with Crippen molar-refractivity contribution in [3.63, 3.8) is 0 Å². The highest BCUT2D eigenvalue weighted by Gasteiger charge is 2.43. The lowest BCUT2D eigenvalue weighted by Crippen LogP contribution is -2.38. The predicted octanol–water partition coefficient (Wildman–Crippen LogP) is 1.30. The summed E-state index contributed by atoms with van der Waals surface area (Å²) in [6.07, 6.45) is -0.697. The first-order valence-electron chi connectivity index (χ1n) is 7.00. The van der Waals surface area contributed by atoms with E-state index >= 15 is 0 Å². The molecule has 0 saturated carbocycles. The van der Waals surface area contributed by atoms with Gasteiger partial charge in [0.05, 0.1) is 18.2 Å². The van der Waals surface area contributed by atoms with E-state index in [4.69, 9.17) is 9.47 Å². The first kappa shape index (κ1) is 17.0. The van der Waals surface area contributed by atoms with Crippen LogP contribution in [-0.2, 0) is 19.1 Å². The van der Waals surface area contributed by atoms with Gasteiger partial charge in [0, 0.05) is 14.2 Å². The smallest absolute Gasteiger partial charge is 0.290 e. The van der Waals surface area contributed by atoms with E-state index in [9.17, 15) is 19.8 Å². The molecule has 2 rings (SSSR count). The van der Waals surface area contributed by atoms with Crippen molar-refractivity contribution in [2.45, 2.75) is 19.3 Å². The van der Waals surface area contributed by atoms with E-state index in [-0.39, 0.29) is 17.9 Å². The minimum atomic E-state index is -0.756. The molecule has 1 aliphatic rings. The molecule has 23 heavy (non-hydrogen) atoms. The molecule has 124 valence electrons. The minimum Gasteiger partial charge on any atom is -0.508 e. The molecule has 0 radical (unpaired) electrons. The summed E-state index contributed by atoms with van der Waals surface area (Å²) in [6.45, 7) is 1.33. The van der Waals surface area contributed by atoms with E-state index in [1.54, 1.807) is 12.1 Å². The van der Waals surface area contributed by atoms with Crippen molar-refractivity contribution in [1.82, 2.24) is 4.90 Å². The number of nitrogens with zero attached hydrogens (tertiary/aromatic N) is 1. The van der Waals surface area contributed by atoms with Gasteiger partial charge in [0.15, 0.2) is 17.8 Å². The van der Waals surface area contributed by atoms with Crippen molar-refractivity contribution in [2.24, 2.45) is 0 Å². The minimum absolute atomic E-state index is 0.0200. The molecule has 1 aliphatic heterocycles. The molecule has 1 aromatic rings. The number of aliphatic hydroxyl groups is 1. The molecule has 7 heteroatoms. The van der Waals surface area contributed by atoms with E-state index in [0.29, 0.717) is 5.56 Å². The third kappa shape index (κ3) is 3.20. The number of phenols is 1. The van der Waals surface area contributed by atoms with Crippen molar-refractivity contribution in [3.05, 3.63) is 41.2 Å². The Morgan fingerprint density at radius 1 is 1.22 bits per heavy atom. The molecule has 0 bridgehead atoms. The standard InChI is InChI=1S/C16H19NO6/c1-9(18)13-14(10-4-6-11(19)7-5-10)17(16(21)15(13)20)8-12(22-2)23-3/h4-7,12,14,19-20H,8H2,1-3H3/t14-/m1/s1. The lowest BCUT2D eigenvalue weighted by atomic mass is 9.96. The number of hydrogen-bond donors (Lipinski definition) is 2. The van der Waals surface area contributed by atoms with Gasteiger partial charge in [-0.05, 0) is 24.6 Å². The first-order chi connectivity index (χ1) is 10.9. The maximum absolute atomic E-state index is 12.3. The number of carbonyl (C=O) groups is 2. The van der Waals surface area contributed by atoms with E-state index < -0.39 is 29.8 Å². The zero-order valence-corrected chi connectivity index (χ0v) is 13.1. The molecular weight excluding hydrogens is 302 g/mol. The van der Waals surface area contributed by atoms with Crippen molar-refractivity contribution in [2.75, 3.05) is 20.8 Å². The monoisotopic (exact) mass is 321 g/mol. The molecule has 0 saturated heterocycles. The van der Waals surface area contributed by atoms with Gasteiger partial charge >= 0.3 is 0 Å². The average Bonchev–Trinajstić information content (AvgIpc) is 2.77. The lowest BCUT2D eigenvalue weighted by molar-refractivity contribution is -0.144. The number of phenolic OH excluding ortho intramolecular Hbond substituents is 1. The van der Waals surface area contributed by atoms with Gasteiger partial charge in [-0.25, -0.2) is 0 Å². The molecule has 0 spiro atoms. The van der Waals surface area contributed by atoms with Crippen LogP contribution in [0, 0.1) is 0 Å². The van der Waals surface area contributed by atoms with Crippen LogP contribution in [0.15, 0.2) is 35.6 Å². The largest absolute Gasteiger partial charge is 0.508 e. The van der Waals surface area contributed by atoms with Gasteiger partial charge in [0.2, 0.25) is 0 Å². The van der Waals surface area contributed by atoms with Crippen LogP contribution in [0.2, 0.25) is 0 Å². The van der Waals surface area contributed by atoms with E-state index in [0.717, 1.165) is 0 Å². The highest BCUT2D eigenvalue weighted by molar-refractivity contribution is 6.08. The van der Waals surface area contributed by atoms with Crippen molar-refractivity contribution in [1.29, 1.82) is 0 Å². The van der Waals surface area contributed by atoms with Crippen LogP contribution in [-0.4, -0.2) is 53.9 Å². The van der Waals surface area contributed by atoms with Gasteiger partial charge in [0.1, 0.15) is 5.75 Å². The molecule has 7 nitrogen and oxygen atoms in total. The molecular formula is C16H19NO6. The number of carbonyl (C=O) groups excluding carboxylic acids is 2. The summed E-state index contributed by atoms with van der Waals surface area (Å²) < 4.78 is 10.2. The summed E-state index contributed by atoms with van der Waals surface area (Å²) in [7, 11) is 2.87. The maximum atomic E-state index is 12.3. The Morgan fingerprint density at radius 3 is 2.26 bits per heavy atom. The molecule has 0 aliphatic carbocycles. The second-order valence-electron chi connectivity index (χ2n) is 5.17. The van der Waals surface area contributed by atoms with E-state index in [1.165, 1.54) is 38.2 Å². The van der Waals surface area contributed by atoms with Crippen LogP contribution in [0.1, 0.15) is 18.5 Å². The van der Waals surface area contributed by atoms with Crippen molar-refractivity contribution in [3.8, 4) is 5.75 Å². The van der Waals surface area contributed by atoms with Crippen LogP contribution in [0.4, 0.5) is 0 Å². The molecule has 2 N–H and O–H groups in total. The van der Waals surface area contributed by atoms with Gasteiger partial charge in [-0.2, -0.15) is 0 Å². The van der Waals surface area contributed by atoms with Crippen LogP contribution < -0.4 is 0 Å². The Kier molecular flexibility index (Phi) is 5.02.